The van der Waals surface area contributed by atoms with E-state index in [0.29, 0.717) is 11.1 Å². The van der Waals surface area contributed by atoms with Crippen LogP contribution in [0.2, 0.25) is 0 Å². The highest BCUT2D eigenvalue weighted by Gasteiger charge is 2.36. The second-order valence-electron chi connectivity index (χ2n) is 12.0. The Morgan fingerprint density at radius 3 is 2.02 bits per heavy atom. The van der Waals surface area contributed by atoms with Crippen molar-refractivity contribution in [3.63, 3.8) is 0 Å². The van der Waals surface area contributed by atoms with Gasteiger partial charge in [0.15, 0.2) is 0 Å². The predicted molar refractivity (Wildman–Crippen MR) is 162 cm³/mol. The molecule has 236 valence electrons. The first-order valence-electron chi connectivity index (χ1n) is 14.5. The number of hydrogen-bond acceptors (Lipinski definition) is 4. The lowest BCUT2D eigenvalue weighted by atomic mass is 9.85. The van der Waals surface area contributed by atoms with Crippen LogP contribution in [0.1, 0.15) is 69.7 Å². The molecular weight excluding hydrogens is 571 g/mol. The topological polar surface area (TPSA) is 108 Å². The maximum atomic E-state index is 14.0. The Hall–Kier alpha value is -4.18. The molecule has 0 aliphatic rings. The van der Waals surface area contributed by atoms with Crippen LogP contribution >= 0.6 is 0 Å². The number of benzene rings is 3. The second-order valence-corrected chi connectivity index (χ2v) is 12.0. The Balaban J connectivity index is 1.74. The number of carbonyl (C=O) groups is 3. The van der Waals surface area contributed by atoms with Gasteiger partial charge in [0.2, 0.25) is 17.7 Å². The minimum absolute atomic E-state index is 0.0757. The maximum Gasteiger partial charge on any atom is 0.417 e. The van der Waals surface area contributed by atoms with Crippen molar-refractivity contribution in [2.75, 3.05) is 0 Å². The molecule has 3 aromatic carbocycles. The van der Waals surface area contributed by atoms with Crippen LogP contribution in [0.5, 0.6) is 0 Å². The van der Waals surface area contributed by atoms with Gasteiger partial charge in [-0.1, -0.05) is 93.6 Å². The normalized spacial score (nSPS) is 13.8. The molecule has 44 heavy (non-hydrogen) atoms. The Labute approximate surface area is 256 Å². The molecule has 0 bridgehead atoms. The van der Waals surface area contributed by atoms with Crippen LogP contribution in [0.15, 0.2) is 78.9 Å². The van der Waals surface area contributed by atoms with Gasteiger partial charge in [-0.25, -0.2) is 5.48 Å². The van der Waals surface area contributed by atoms with E-state index in [1.54, 1.807) is 57.2 Å². The number of aryl methyl sites for hydroxylation is 1. The van der Waals surface area contributed by atoms with E-state index in [1.165, 1.54) is 11.5 Å². The number of carbonyl (C=O) groups excluding carboxylic acids is 3. The van der Waals surface area contributed by atoms with Crippen molar-refractivity contribution in [2.24, 2.45) is 11.3 Å². The summed E-state index contributed by atoms with van der Waals surface area (Å²) in [6, 6.07) is 20.6. The van der Waals surface area contributed by atoms with Crippen molar-refractivity contribution in [3.8, 4) is 11.1 Å². The molecule has 10 heteroatoms. The highest BCUT2D eigenvalue weighted by Crippen LogP contribution is 2.38. The monoisotopic (exact) mass is 611 g/mol. The number of halogens is 3. The summed E-state index contributed by atoms with van der Waals surface area (Å²) in [5.74, 6) is -2.68. The first-order chi connectivity index (χ1) is 20.7. The van der Waals surface area contributed by atoms with E-state index in [2.05, 4.69) is 10.6 Å². The van der Waals surface area contributed by atoms with Crippen LogP contribution < -0.4 is 16.1 Å². The quantitative estimate of drug-likeness (QED) is 0.137. The van der Waals surface area contributed by atoms with Gasteiger partial charge in [0.1, 0.15) is 6.04 Å². The average molecular weight is 612 g/mol. The molecule has 0 aromatic heterocycles. The Morgan fingerprint density at radius 1 is 0.841 bits per heavy atom. The fourth-order valence-corrected chi connectivity index (χ4v) is 5.06. The van der Waals surface area contributed by atoms with Crippen molar-refractivity contribution >= 4 is 17.7 Å². The minimum atomic E-state index is -4.57. The number of hydroxylamine groups is 1. The molecule has 0 saturated heterocycles. The van der Waals surface area contributed by atoms with E-state index >= 15 is 0 Å². The van der Waals surface area contributed by atoms with Crippen LogP contribution in [0.3, 0.4) is 0 Å². The van der Waals surface area contributed by atoms with Crippen LogP contribution in [0.4, 0.5) is 13.2 Å². The smallest absolute Gasteiger partial charge is 0.348 e. The van der Waals surface area contributed by atoms with Crippen LogP contribution in [0, 0.1) is 11.3 Å². The summed E-state index contributed by atoms with van der Waals surface area (Å²) in [7, 11) is 0. The zero-order chi connectivity index (χ0) is 32.5. The molecule has 0 saturated carbocycles. The molecule has 0 fully saturated rings. The second kappa shape index (κ2) is 15.0. The molecule has 3 rings (SSSR count). The number of alkyl halides is 3. The van der Waals surface area contributed by atoms with E-state index < -0.39 is 46.8 Å². The molecule has 0 radical (unpaired) electrons. The third-order valence-electron chi connectivity index (χ3n) is 7.49. The molecule has 3 aromatic rings. The molecule has 0 heterocycles. The summed E-state index contributed by atoms with van der Waals surface area (Å²) in [5.41, 5.74) is 1.95. The Morgan fingerprint density at radius 2 is 1.45 bits per heavy atom. The first-order valence-corrected chi connectivity index (χ1v) is 14.5. The van der Waals surface area contributed by atoms with Crippen LogP contribution in [0.25, 0.3) is 11.1 Å². The molecule has 3 amide bonds. The van der Waals surface area contributed by atoms with E-state index in [-0.39, 0.29) is 37.3 Å². The predicted octanol–water partition coefficient (Wildman–Crippen LogP) is 6.62. The Kier molecular flexibility index (Phi) is 11.7. The summed E-state index contributed by atoms with van der Waals surface area (Å²) in [5, 5.41) is 14.8. The van der Waals surface area contributed by atoms with Crippen molar-refractivity contribution in [1.29, 1.82) is 0 Å². The fraction of sp³-hybridized carbons (Fsp3) is 0.382. The van der Waals surface area contributed by atoms with Gasteiger partial charge in [-0.2, -0.15) is 13.2 Å². The van der Waals surface area contributed by atoms with Crippen molar-refractivity contribution in [1.82, 2.24) is 16.1 Å². The summed E-state index contributed by atoms with van der Waals surface area (Å²) >= 11 is 0. The van der Waals surface area contributed by atoms with Crippen molar-refractivity contribution < 1.29 is 32.8 Å². The number of nitrogens with one attached hydrogen (secondary N) is 3. The van der Waals surface area contributed by atoms with Crippen LogP contribution in [-0.2, 0) is 27.0 Å². The summed E-state index contributed by atoms with van der Waals surface area (Å²) < 4.78 is 41.9. The van der Waals surface area contributed by atoms with Crippen LogP contribution in [-0.4, -0.2) is 29.0 Å². The Bertz CT molecular complexity index is 1410. The lowest BCUT2D eigenvalue weighted by Gasteiger charge is -2.32. The number of hydrogen-bond donors (Lipinski definition) is 4. The summed E-state index contributed by atoms with van der Waals surface area (Å²) in [6.45, 7) is 7.24. The highest BCUT2D eigenvalue weighted by atomic mass is 19.4. The maximum absolute atomic E-state index is 14.0. The highest BCUT2D eigenvalue weighted by molar-refractivity contribution is 5.91. The molecule has 3 atom stereocenters. The summed E-state index contributed by atoms with van der Waals surface area (Å²) in [6.07, 6.45) is -4.28. The van der Waals surface area contributed by atoms with Gasteiger partial charge < -0.3 is 10.6 Å². The fourth-order valence-electron chi connectivity index (χ4n) is 5.06. The molecule has 0 aliphatic heterocycles. The van der Waals surface area contributed by atoms with Crippen molar-refractivity contribution in [2.45, 2.75) is 71.6 Å². The molecule has 7 nitrogen and oxygen atoms in total. The van der Waals surface area contributed by atoms with E-state index in [9.17, 15) is 27.6 Å². The molecule has 0 aliphatic carbocycles. The first kappa shape index (κ1) is 34.3. The molecule has 0 spiro atoms. The van der Waals surface area contributed by atoms with E-state index in [0.717, 1.165) is 11.6 Å². The lowest BCUT2D eigenvalue weighted by molar-refractivity contribution is -0.137. The standard InChI is InChI=1S/C34H40F3N3O4/c1-22(24-13-7-5-8-14-24)38-32(43)30(33(2,3)4)39-31(42)26(21-29(41)40-44)17-11-12-23-18-19-27(25-15-9-6-10-16-25)28(20-23)34(35,36)37/h5-10,13-16,18-20,22,26,30,44H,11-12,17,21H2,1-4H3,(H,38,43)(H,39,42)(H,40,41)/t22-,26-,30-/m1/s1. The molecule has 4 N–H and O–H groups in total. The van der Waals surface area contributed by atoms with E-state index in [1.807, 2.05) is 37.3 Å². The number of rotatable bonds is 12. The number of amides is 3. The zero-order valence-electron chi connectivity index (χ0n) is 25.4. The van der Waals surface area contributed by atoms with Crippen molar-refractivity contribution in [3.05, 3.63) is 95.6 Å². The summed E-state index contributed by atoms with van der Waals surface area (Å²) in [4.78, 5) is 38.8. The van der Waals surface area contributed by atoms with Gasteiger partial charge in [0.05, 0.1) is 11.6 Å². The SMILES string of the molecule is C[C@@H](NC(=O)[C@@H](NC(=O)[C@H](CCCc1ccc(-c2ccccc2)c(C(F)(F)F)c1)CC(=O)NO)C(C)(C)C)c1ccccc1. The van der Waals surface area contributed by atoms with E-state index in [4.69, 9.17) is 5.21 Å². The lowest BCUT2D eigenvalue weighted by Crippen LogP contribution is -2.55. The van der Waals surface area contributed by atoms with Gasteiger partial charge >= 0.3 is 6.18 Å². The van der Waals surface area contributed by atoms with Gasteiger partial charge in [-0.3, -0.25) is 19.6 Å². The zero-order valence-corrected chi connectivity index (χ0v) is 25.4. The minimum Gasteiger partial charge on any atom is -0.348 e. The molecular formula is C34H40F3N3O4. The average Bonchev–Trinajstić information content (AvgIpc) is 2.98. The van der Waals surface area contributed by atoms with Gasteiger partial charge in [-0.15, -0.1) is 0 Å². The van der Waals surface area contributed by atoms with Gasteiger partial charge in [0, 0.05) is 12.3 Å². The molecule has 0 unspecified atom stereocenters. The third kappa shape index (κ3) is 9.67. The third-order valence-corrected chi connectivity index (χ3v) is 7.49. The largest absolute Gasteiger partial charge is 0.417 e. The van der Waals surface area contributed by atoms with Gasteiger partial charge in [0.25, 0.3) is 0 Å². The van der Waals surface area contributed by atoms with Gasteiger partial charge in [-0.05, 0) is 59.9 Å².